The smallest absolute Gasteiger partial charge is 0.00721 e. The van der Waals surface area contributed by atoms with Crippen LogP contribution in [0.4, 0.5) is 0 Å². The number of unbranched alkanes of at least 4 members (excludes halogenated alkanes) is 1. The van der Waals surface area contributed by atoms with Crippen LogP contribution in [0.2, 0.25) is 0 Å². The maximum absolute atomic E-state index is 3.55. The first-order valence-corrected chi connectivity index (χ1v) is 8.93. The van der Waals surface area contributed by atoms with E-state index in [-0.39, 0.29) is 0 Å². The summed E-state index contributed by atoms with van der Waals surface area (Å²) in [5.41, 5.74) is 0. The summed E-state index contributed by atoms with van der Waals surface area (Å²) in [5.74, 6) is 2.63. The fourth-order valence-corrected chi connectivity index (χ4v) is 2.98. The van der Waals surface area contributed by atoms with Crippen LogP contribution >= 0.6 is 11.8 Å². The molecular weight excluding hydrogens is 240 g/mol. The van der Waals surface area contributed by atoms with Crippen LogP contribution in [-0.4, -0.2) is 48.6 Å². The first-order valence-electron chi connectivity index (χ1n) is 7.78. The fraction of sp³-hybridized carbons (Fsp3) is 1.00. The van der Waals surface area contributed by atoms with Crippen LogP contribution in [0.15, 0.2) is 0 Å². The molecule has 0 fully saturated rings. The van der Waals surface area contributed by atoms with Crippen LogP contribution in [0.5, 0.6) is 0 Å². The molecule has 0 aliphatic carbocycles. The Labute approximate surface area is 119 Å². The molecule has 0 aromatic heterocycles. The highest BCUT2D eigenvalue weighted by molar-refractivity contribution is 7.99. The molecule has 2 nitrogen and oxygen atoms in total. The third-order valence-electron chi connectivity index (χ3n) is 3.36. The Hall–Kier alpha value is 0.270. The average Bonchev–Trinajstić information content (AvgIpc) is 2.39. The van der Waals surface area contributed by atoms with Gasteiger partial charge in [-0.05, 0) is 51.6 Å². The minimum Gasteiger partial charge on any atom is -0.314 e. The molecule has 0 aromatic carbocycles. The first kappa shape index (κ1) is 18.3. The zero-order chi connectivity index (χ0) is 13.6. The van der Waals surface area contributed by atoms with E-state index < -0.39 is 0 Å². The summed E-state index contributed by atoms with van der Waals surface area (Å²) < 4.78 is 0. The van der Waals surface area contributed by atoms with Gasteiger partial charge in [-0.15, -0.1) is 0 Å². The van der Waals surface area contributed by atoms with E-state index in [4.69, 9.17) is 0 Å². The van der Waals surface area contributed by atoms with Crippen LogP contribution in [0.25, 0.3) is 0 Å². The van der Waals surface area contributed by atoms with Crippen LogP contribution in [0.3, 0.4) is 0 Å². The molecule has 110 valence electrons. The van der Waals surface area contributed by atoms with E-state index in [2.05, 4.69) is 49.7 Å². The minimum atomic E-state index is 0.700. The molecule has 0 saturated carbocycles. The van der Waals surface area contributed by atoms with Crippen LogP contribution in [0, 0.1) is 0 Å². The zero-order valence-corrected chi connectivity index (χ0v) is 13.8. The third kappa shape index (κ3) is 11.4. The van der Waals surface area contributed by atoms with E-state index in [9.17, 15) is 0 Å². The topological polar surface area (TPSA) is 15.3 Å². The molecule has 0 saturated heterocycles. The number of hydrogen-bond acceptors (Lipinski definition) is 3. The zero-order valence-electron chi connectivity index (χ0n) is 13.0. The van der Waals surface area contributed by atoms with Gasteiger partial charge < -0.3 is 10.2 Å². The van der Waals surface area contributed by atoms with Crippen molar-refractivity contribution >= 4 is 11.8 Å². The van der Waals surface area contributed by atoms with Gasteiger partial charge in [0.25, 0.3) is 0 Å². The van der Waals surface area contributed by atoms with Crippen molar-refractivity contribution in [2.45, 2.75) is 59.4 Å². The summed E-state index contributed by atoms with van der Waals surface area (Å²) >= 11 is 2.12. The Balaban J connectivity index is 3.20. The molecule has 0 heterocycles. The number of hydrogen-bond donors (Lipinski definition) is 1. The largest absolute Gasteiger partial charge is 0.314 e. The molecule has 3 heteroatoms. The SMILES string of the molecule is CCCNC(C)CCCCSCCN(CC)CC. The van der Waals surface area contributed by atoms with Crippen LogP contribution in [0.1, 0.15) is 53.4 Å². The summed E-state index contributed by atoms with van der Waals surface area (Å²) in [7, 11) is 0. The van der Waals surface area contributed by atoms with Gasteiger partial charge in [-0.2, -0.15) is 11.8 Å². The highest BCUT2D eigenvalue weighted by Gasteiger charge is 2.01. The third-order valence-corrected chi connectivity index (χ3v) is 4.41. The van der Waals surface area contributed by atoms with Crippen molar-refractivity contribution in [2.24, 2.45) is 0 Å². The lowest BCUT2D eigenvalue weighted by molar-refractivity contribution is 0.324. The van der Waals surface area contributed by atoms with E-state index in [0.717, 1.165) is 0 Å². The van der Waals surface area contributed by atoms with Gasteiger partial charge in [-0.1, -0.05) is 27.2 Å². The Morgan fingerprint density at radius 3 is 2.39 bits per heavy atom. The van der Waals surface area contributed by atoms with E-state index in [1.54, 1.807) is 0 Å². The second kappa shape index (κ2) is 13.7. The minimum absolute atomic E-state index is 0.700. The molecular formula is C15H34N2S. The number of thioether (sulfide) groups is 1. The molecule has 0 aliphatic heterocycles. The predicted molar refractivity (Wildman–Crippen MR) is 86.7 cm³/mol. The van der Waals surface area contributed by atoms with Crippen molar-refractivity contribution in [1.29, 1.82) is 0 Å². The van der Waals surface area contributed by atoms with Gasteiger partial charge in [0.15, 0.2) is 0 Å². The molecule has 0 aliphatic rings. The van der Waals surface area contributed by atoms with Crippen molar-refractivity contribution in [3.05, 3.63) is 0 Å². The molecule has 0 rings (SSSR count). The summed E-state index contributed by atoms with van der Waals surface area (Å²) in [6.07, 6.45) is 5.32. The van der Waals surface area contributed by atoms with Gasteiger partial charge in [-0.25, -0.2) is 0 Å². The number of rotatable bonds is 13. The molecule has 1 atom stereocenters. The number of nitrogens with zero attached hydrogens (tertiary/aromatic N) is 1. The summed E-state index contributed by atoms with van der Waals surface area (Å²) in [6.45, 7) is 13.8. The average molecular weight is 275 g/mol. The molecule has 0 amide bonds. The first-order chi connectivity index (χ1) is 8.74. The van der Waals surface area contributed by atoms with E-state index in [1.807, 2.05) is 0 Å². The van der Waals surface area contributed by atoms with E-state index in [1.165, 1.54) is 63.4 Å². The van der Waals surface area contributed by atoms with Gasteiger partial charge in [0.1, 0.15) is 0 Å². The summed E-state index contributed by atoms with van der Waals surface area (Å²) in [4.78, 5) is 2.50. The molecule has 0 bridgehead atoms. The lowest BCUT2D eigenvalue weighted by Crippen LogP contribution is -2.26. The number of nitrogens with one attached hydrogen (secondary N) is 1. The van der Waals surface area contributed by atoms with Gasteiger partial charge in [0.2, 0.25) is 0 Å². The molecule has 1 unspecified atom stereocenters. The van der Waals surface area contributed by atoms with E-state index in [0.29, 0.717) is 6.04 Å². The normalized spacial score (nSPS) is 13.2. The van der Waals surface area contributed by atoms with Crippen molar-refractivity contribution in [1.82, 2.24) is 10.2 Å². The fourth-order valence-electron chi connectivity index (χ4n) is 1.98. The maximum Gasteiger partial charge on any atom is 0.00721 e. The Bertz CT molecular complexity index is 161. The second-order valence-electron chi connectivity index (χ2n) is 4.99. The van der Waals surface area contributed by atoms with Crippen LogP contribution in [-0.2, 0) is 0 Å². The van der Waals surface area contributed by atoms with Gasteiger partial charge in [-0.3, -0.25) is 0 Å². The second-order valence-corrected chi connectivity index (χ2v) is 6.21. The Kier molecular flexibility index (Phi) is 13.9. The molecule has 0 aromatic rings. The lowest BCUT2D eigenvalue weighted by atomic mass is 10.1. The molecule has 18 heavy (non-hydrogen) atoms. The highest BCUT2D eigenvalue weighted by atomic mass is 32.2. The quantitative estimate of drug-likeness (QED) is 0.516. The van der Waals surface area contributed by atoms with Gasteiger partial charge >= 0.3 is 0 Å². The summed E-state index contributed by atoms with van der Waals surface area (Å²) in [5, 5.41) is 3.55. The monoisotopic (exact) mass is 274 g/mol. The van der Waals surface area contributed by atoms with Gasteiger partial charge in [0, 0.05) is 18.3 Å². The Morgan fingerprint density at radius 2 is 1.78 bits per heavy atom. The molecule has 1 N–H and O–H groups in total. The van der Waals surface area contributed by atoms with Crippen molar-refractivity contribution in [2.75, 3.05) is 37.7 Å². The Morgan fingerprint density at radius 1 is 1.06 bits per heavy atom. The molecule has 0 spiro atoms. The van der Waals surface area contributed by atoms with Crippen molar-refractivity contribution in [3.8, 4) is 0 Å². The lowest BCUT2D eigenvalue weighted by Gasteiger charge is -2.17. The van der Waals surface area contributed by atoms with Gasteiger partial charge in [0.05, 0.1) is 0 Å². The van der Waals surface area contributed by atoms with Crippen molar-refractivity contribution in [3.63, 3.8) is 0 Å². The van der Waals surface area contributed by atoms with Crippen molar-refractivity contribution < 1.29 is 0 Å². The predicted octanol–water partition coefficient (Wildman–Crippen LogP) is 3.62. The van der Waals surface area contributed by atoms with Crippen LogP contribution < -0.4 is 5.32 Å². The maximum atomic E-state index is 3.55. The standard InChI is InChI=1S/C15H34N2S/c1-5-11-16-15(4)10-8-9-13-18-14-12-17(6-2)7-3/h15-16H,5-14H2,1-4H3. The highest BCUT2D eigenvalue weighted by Crippen LogP contribution is 2.08. The van der Waals surface area contributed by atoms with E-state index >= 15 is 0 Å². The summed E-state index contributed by atoms with van der Waals surface area (Å²) in [6, 6.07) is 0.700. The molecule has 0 radical (unpaired) electrons.